The fraction of sp³-hybridized carbons (Fsp3) is 0. The van der Waals surface area contributed by atoms with Crippen molar-refractivity contribution in [3.8, 4) is 0 Å². The lowest BCUT2D eigenvalue weighted by molar-refractivity contribution is 1.22. The average molecular weight is 171 g/mol. The van der Waals surface area contributed by atoms with Crippen LogP contribution in [0.15, 0.2) is 29.1 Å². The van der Waals surface area contributed by atoms with E-state index in [1.165, 1.54) is 0 Å². The Hall–Kier alpha value is -1.22. The van der Waals surface area contributed by atoms with E-state index in [2.05, 4.69) is 9.97 Å². The van der Waals surface area contributed by atoms with Gasteiger partial charge in [0.15, 0.2) is 0 Å². The number of aromatic nitrogens is 2. The van der Waals surface area contributed by atoms with Gasteiger partial charge in [-0.2, -0.15) is 0 Å². The fourth-order valence-corrected chi connectivity index (χ4v) is 0.977. The standard InChI is InChI=1S/C7H6N2O.ClH/c10-7-8-5-3-1-2-4-6(5)9-7;/h1-4H,(H2,8,9,10);1H. The highest BCUT2D eigenvalue weighted by molar-refractivity contribution is 5.85. The van der Waals surface area contributed by atoms with E-state index in [-0.39, 0.29) is 18.1 Å². The van der Waals surface area contributed by atoms with E-state index in [4.69, 9.17) is 0 Å². The van der Waals surface area contributed by atoms with Gasteiger partial charge in [0.1, 0.15) is 0 Å². The molecular formula is C7H7ClN2O. The first-order chi connectivity index (χ1) is 4.86. The SMILES string of the molecule is Cl.O=c1[nH]c2ccccc2[nH]1. The van der Waals surface area contributed by atoms with Crippen molar-refractivity contribution in [1.29, 1.82) is 0 Å². The first kappa shape index (κ1) is 7.88. The van der Waals surface area contributed by atoms with Crippen molar-refractivity contribution < 1.29 is 0 Å². The Morgan fingerprint density at radius 1 is 1.00 bits per heavy atom. The number of para-hydroxylation sites is 2. The summed E-state index contributed by atoms with van der Waals surface area (Å²) in [4.78, 5) is 16.0. The number of hydrogen-bond acceptors (Lipinski definition) is 1. The third-order valence-corrected chi connectivity index (χ3v) is 1.42. The smallest absolute Gasteiger partial charge is 0.306 e. The van der Waals surface area contributed by atoms with Crippen LogP contribution in [0, 0.1) is 0 Å². The number of benzene rings is 1. The number of halogens is 1. The molecule has 2 aromatic rings. The van der Waals surface area contributed by atoms with E-state index in [1.807, 2.05) is 24.3 Å². The van der Waals surface area contributed by atoms with Crippen LogP contribution in [0.25, 0.3) is 11.0 Å². The van der Waals surface area contributed by atoms with Crippen molar-refractivity contribution in [2.75, 3.05) is 0 Å². The quantitative estimate of drug-likeness (QED) is 0.615. The molecule has 0 aliphatic carbocycles. The molecule has 0 fully saturated rings. The Kier molecular flexibility index (Phi) is 2.01. The van der Waals surface area contributed by atoms with Gasteiger partial charge in [0.25, 0.3) is 0 Å². The van der Waals surface area contributed by atoms with E-state index in [0.29, 0.717) is 0 Å². The largest absolute Gasteiger partial charge is 0.323 e. The van der Waals surface area contributed by atoms with Crippen molar-refractivity contribution in [3.05, 3.63) is 34.7 Å². The minimum Gasteiger partial charge on any atom is -0.306 e. The van der Waals surface area contributed by atoms with Gasteiger partial charge in [0, 0.05) is 0 Å². The third kappa shape index (κ3) is 1.28. The van der Waals surface area contributed by atoms with Gasteiger partial charge in [-0.3, -0.25) is 0 Å². The maximum absolute atomic E-state index is 10.7. The zero-order valence-corrected chi connectivity index (χ0v) is 6.44. The molecule has 0 atom stereocenters. The zero-order valence-electron chi connectivity index (χ0n) is 5.63. The number of fused-ring (bicyclic) bond motifs is 1. The van der Waals surface area contributed by atoms with E-state index in [9.17, 15) is 4.79 Å². The molecule has 4 heteroatoms. The molecule has 0 aliphatic heterocycles. The number of rotatable bonds is 0. The molecule has 11 heavy (non-hydrogen) atoms. The lowest BCUT2D eigenvalue weighted by Gasteiger charge is -1.81. The Labute approximate surface area is 68.9 Å². The van der Waals surface area contributed by atoms with Gasteiger partial charge < -0.3 is 9.97 Å². The fourth-order valence-electron chi connectivity index (χ4n) is 0.977. The molecule has 0 saturated carbocycles. The molecule has 2 N–H and O–H groups in total. The van der Waals surface area contributed by atoms with Crippen LogP contribution in [0.3, 0.4) is 0 Å². The van der Waals surface area contributed by atoms with Gasteiger partial charge in [0.2, 0.25) is 0 Å². The minimum absolute atomic E-state index is 0. The molecule has 0 unspecified atom stereocenters. The normalized spacial score (nSPS) is 9.45. The molecule has 0 aliphatic rings. The molecule has 0 bridgehead atoms. The highest BCUT2D eigenvalue weighted by Crippen LogP contribution is 2.03. The highest BCUT2D eigenvalue weighted by Gasteiger charge is 1.92. The Morgan fingerprint density at radius 2 is 1.45 bits per heavy atom. The van der Waals surface area contributed by atoms with Crippen LogP contribution in [-0.4, -0.2) is 9.97 Å². The van der Waals surface area contributed by atoms with Crippen molar-refractivity contribution in [2.45, 2.75) is 0 Å². The van der Waals surface area contributed by atoms with Crippen molar-refractivity contribution >= 4 is 23.4 Å². The van der Waals surface area contributed by atoms with E-state index < -0.39 is 0 Å². The molecule has 2 rings (SSSR count). The van der Waals surface area contributed by atoms with Crippen LogP contribution in [0.5, 0.6) is 0 Å². The van der Waals surface area contributed by atoms with Crippen molar-refractivity contribution in [3.63, 3.8) is 0 Å². The lowest BCUT2D eigenvalue weighted by atomic mass is 10.3. The van der Waals surface area contributed by atoms with Crippen LogP contribution in [0.4, 0.5) is 0 Å². The van der Waals surface area contributed by atoms with Crippen molar-refractivity contribution in [2.24, 2.45) is 0 Å². The molecule has 3 nitrogen and oxygen atoms in total. The van der Waals surface area contributed by atoms with Gasteiger partial charge in [-0.15, -0.1) is 12.4 Å². The van der Waals surface area contributed by atoms with E-state index in [0.717, 1.165) is 11.0 Å². The Morgan fingerprint density at radius 3 is 1.91 bits per heavy atom. The number of H-pyrrole nitrogens is 2. The first-order valence-electron chi connectivity index (χ1n) is 3.03. The summed E-state index contributed by atoms with van der Waals surface area (Å²) in [5.41, 5.74) is 1.56. The van der Waals surface area contributed by atoms with Gasteiger partial charge >= 0.3 is 5.69 Å². The predicted octanol–water partition coefficient (Wildman–Crippen LogP) is 1.28. The molecule has 1 aromatic carbocycles. The second kappa shape index (κ2) is 2.80. The van der Waals surface area contributed by atoms with Crippen molar-refractivity contribution in [1.82, 2.24) is 9.97 Å². The number of aromatic amines is 2. The number of imidazole rings is 1. The summed E-state index contributed by atoms with van der Waals surface area (Å²) in [5.74, 6) is 0. The van der Waals surface area contributed by atoms with Gasteiger partial charge in [0.05, 0.1) is 11.0 Å². The number of nitrogens with one attached hydrogen (secondary N) is 2. The van der Waals surface area contributed by atoms with Gasteiger partial charge in [-0.1, -0.05) is 12.1 Å². The molecule has 0 radical (unpaired) electrons. The summed E-state index contributed by atoms with van der Waals surface area (Å²) in [6, 6.07) is 7.47. The molecule has 58 valence electrons. The lowest BCUT2D eigenvalue weighted by Crippen LogP contribution is -1.99. The summed E-state index contributed by atoms with van der Waals surface area (Å²) in [5, 5.41) is 0. The predicted molar refractivity (Wildman–Crippen MR) is 46.2 cm³/mol. The third-order valence-electron chi connectivity index (χ3n) is 1.42. The summed E-state index contributed by atoms with van der Waals surface area (Å²) < 4.78 is 0. The van der Waals surface area contributed by atoms with Crippen LogP contribution >= 0.6 is 12.4 Å². The molecule has 0 spiro atoms. The molecule has 1 aromatic heterocycles. The highest BCUT2D eigenvalue weighted by atomic mass is 35.5. The second-order valence-corrected chi connectivity index (χ2v) is 2.12. The van der Waals surface area contributed by atoms with Gasteiger partial charge in [-0.25, -0.2) is 4.79 Å². The Balaban J connectivity index is 0.000000605. The van der Waals surface area contributed by atoms with Crippen LogP contribution < -0.4 is 5.69 Å². The summed E-state index contributed by atoms with van der Waals surface area (Å²) in [6.07, 6.45) is 0. The Bertz CT molecular complexity index is 368. The molecule has 1 heterocycles. The van der Waals surface area contributed by atoms with E-state index >= 15 is 0 Å². The zero-order chi connectivity index (χ0) is 6.97. The molecular weight excluding hydrogens is 164 g/mol. The average Bonchev–Trinajstić information content (AvgIpc) is 2.27. The number of hydrogen-bond donors (Lipinski definition) is 2. The summed E-state index contributed by atoms with van der Waals surface area (Å²) in [7, 11) is 0. The minimum atomic E-state index is -0.152. The monoisotopic (exact) mass is 170 g/mol. The topological polar surface area (TPSA) is 48.6 Å². The van der Waals surface area contributed by atoms with Crippen LogP contribution in [-0.2, 0) is 0 Å². The summed E-state index contributed by atoms with van der Waals surface area (Å²) in [6.45, 7) is 0. The van der Waals surface area contributed by atoms with Crippen LogP contribution in [0.2, 0.25) is 0 Å². The maximum atomic E-state index is 10.7. The molecule has 0 amide bonds. The first-order valence-corrected chi connectivity index (χ1v) is 3.03. The molecule has 0 saturated heterocycles. The maximum Gasteiger partial charge on any atom is 0.323 e. The summed E-state index contributed by atoms with van der Waals surface area (Å²) >= 11 is 0. The van der Waals surface area contributed by atoms with Gasteiger partial charge in [-0.05, 0) is 12.1 Å². The van der Waals surface area contributed by atoms with Crippen LogP contribution in [0.1, 0.15) is 0 Å². The van der Waals surface area contributed by atoms with E-state index in [1.54, 1.807) is 0 Å². The second-order valence-electron chi connectivity index (χ2n) is 2.12.